The molecule has 2 nitrogen and oxygen atoms in total. The van der Waals surface area contributed by atoms with Crippen molar-refractivity contribution in [3.05, 3.63) is 61.1 Å². The first-order valence-corrected chi connectivity index (χ1v) is 7.68. The maximum atomic E-state index is 12.3. The van der Waals surface area contributed by atoms with Crippen molar-refractivity contribution in [3.63, 3.8) is 0 Å². The molecule has 19 heavy (non-hydrogen) atoms. The summed E-state index contributed by atoms with van der Waals surface area (Å²) in [6, 6.07) is 11.7. The molecule has 0 aliphatic heterocycles. The molecule has 0 fully saturated rings. The van der Waals surface area contributed by atoms with Gasteiger partial charge in [0.2, 0.25) is 0 Å². The SMILES string of the molecule is Cc1ccc(NC(=O)c2cc(Br)ccc2I)c(C)c1. The lowest BCUT2D eigenvalue weighted by atomic mass is 10.1. The maximum Gasteiger partial charge on any atom is 0.256 e. The zero-order valence-electron chi connectivity index (χ0n) is 10.6. The fraction of sp³-hybridized carbons (Fsp3) is 0.133. The Morgan fingerprint density at radius 1 is 1.16 bits per heavy atom. The summed E-state index contributed by atoms with van der Waals surface area (Å²) in [5, 5.41) is 2.96. The Morgan fingerprint density at radius 3 is 2.58 bits per heavy atom. The van der Waals surface area contributed by atoms with E-state index in [4.69, 9.17) is 0 Å². The summed E-state index contributed by atoms with van der Waals surface area (Å²) in [6.07, 6.45) is 0. The van der Waals surface area contributed by atoms with Crippen molar-refractivity contribution in [1.82, 2.24) is 0 Å². The smallest absolute Gasteiger partial charge is 0.256 e. The van der Waals surface area contributed by atoms with E-state index in [1.165, 1.54) is 5.56 Å². The number of aryl methyl sites for hydroxylation is 2. The highest BCUT2D eigenvalue weighted by atomic mass is 127. The van der Waals surface area contributed by atoms with Gasteiger partial charge in [0.25, 0.3) is 5.91 Å². The number of hydrogen-bond donors (Lipinski definition) is 1. The normalized spacial score (nSPS) is 10.3. The van der Waals surface area contributed by atoms with Crippen LogP contribution in [-0.2, 0) is 0 Å². The summed E-state index contributed by atoms with van der Waals surface area (Å²) in [7, 11) is 0. The molecule has 0 aliphatic carbocycles. The minimum absolute atomic E-state index is 0.0855. The number of carbonyl (C=O) groups is 1. The lowest BCUT2D eigenvalue weighted by Crippen LogP contribution is -2.14. The van der Waals surface area contributed by atoms with Gasteiger partial charge >= 0.3 is 0 Å². The predicted molar refractivity (Wildman–Crippen MR) is 90.7 cm³/mol. The third-order valence-corrected chi connectivity index (χ3v) is 4.24. The van der Waals surface area contributed by atoms with Gasteiger partial charge in [0.1, 0.15) is 0 Å². The van der Waals surface area contributed by atoms with Gasteiger partial charge in [-0.2, -0.15) is 0 Å². The van der Waals surface area contributed by atoms with Gasteiger partial charge in [0.15, 0.2) is 0 Å². The average molecular weight is 430 g/mol. The molecule has 0 radical (unpaired) electrons. The Kier molecular flexibility index (Phi) is 4.62. The van der Waals surface area contributed by atoms with Crippen molar-refractivity contribution >= 4 is 50.1 Å². The number of amides is 1. The summed E-state index contributed by atoms with van der Waals surface area (Å²) in [6.45, 7) is 4.03. The molecule has 2 aromatic rings. The average Bonchev–Trinajstić information content (AvgIpc) is 2.35. The van der Waals surface area contributed by atoms with Gasteiger partial charge in [-0.05, 0) is 66.3 Å². The largest absolute Gasteiger partial charge is 0.322 e. The maximum absolute atomic E-state index is 12.3. The third kappa shape index (κ3) is 3.57. The second-order valence-electron chi connectivity index (χ2n) is 4.40. The van der Waals surface area contributed by atoms with Crippen molar-refractivity contribution in [2.45, 2.75) is 13.8 Å². The van der Waals surface area contributed by atoms with Gasteiger partial charge in [0.05, 0.1) is 5.56 Å². The van der Waals surface area contributed by atoms with Crippen molar-refractivity contribution in [2.75, 3.05) is 5.32 Å². The van der Waals surface area contributed by atoms with Crippen molar-refractivity contribution in [2.24, 2.45) is 0 Å². The number of halogens is 2. The van der Waals surface area contributed by atoms with Crippen LogP contribution in [-0.4, -0.2) is 5.91 Å². The Balaban J connectivity index is 2.28. The second-order valence-corrected chi connectivity index (χ2v) is 6.47. The zero-order valence-corrected chi connectivity index (χ0v) is 14.4. The fourth-order valence-corrected chi connectivity index (χ4v) is 2.76. The monoisotopic (exact) mass is 429 g/mol. The molecule has 1 N–H and O–H groups in total. The molecule has 0 saturated heterocycles. The van der Waals surface area contributed by atoms with E-state index < -0.39 is 0 Å². The summed E-state index contributed by atoms with van der Waals surface area (Å²) in [5.74, 6) is -0.0855. The molecule has 4 heteroatoms. The standard InChI is InChI=1S/C15H13BrINO/c1-9-3-6-14(10(2)7-9)18-15(19)12-8-11(16)4-5-13(12)17/h3-8H,1-2H3,(H,18,19). The quantitative estimate of drug-likeness (QED) is 0.674. The Labute approximate surface area is 134 Å². The van der Waals surface area contributed by atoms with E-state index in [-0.39, 0.29) is 5.91 Å². The van der Waals surface area contributed by atoms with Gasteiger partial charge in [-0.1, -0.05) is 33.6 Å². The van der Waals surface area contributed by atoms with Crippen LogP contribution in [0, 0.1) is 17.4 Å². The van der Waals surface area contributed by atoms with Crippen LogP contribution in [0.15, 0.2) is 40.9 Å². The zero-order chi connectivity index (χ0) is 14.0. The molecular formula is C15H13BrINO. The van der Waals surface area contributed by atoms with E-state index in [9.17, 15) is 4.79 Å². The second kappa shape index (κ2) is 6.05. The van der Waals surface area contributed by atoms with Crippen LogP contribution >= 0.6 is 38.5 Å². The van der Waals surface area contributed by atoms with Crippen LogP contribution < -0.4 is 5.32 Å². The number of rotatable bonds is 2. The molecule has 0 aromatic heterocycles. The molecule has 0 atom stereocenters. The fourth-order valence-electron chi connectivity index (χ4n) is 1.81. The van der Waals surface area contributed by atoms with Crippen LogP contribution in [0.4, 0.5) is 5.69 Å². The van der Waals surface area contributed by atoms with Crippen LogP contribution in [0.1, 0.15) is 21.5 Å². The number of benzene rings is 2. The lowest BCUT2D eigenvalue weighted by molar-refractivity contribution is 0.102. The molecule has 2 aromatic carbocycles. The molecule has 1 amide bonds. The first kappa shape index (κ1) is 14.5. The number of anilines is 1. The number of carbonyl (C=O) groups excluding carboxylic acids is 1. The summed E-state index contributed by atoms with van der Waals surface area (Å²) in [4.78, 5) is 12.3. The van der Waals surface area contributed by atoms with Gasteiger partial charge < -0.3 is 5.32 Å². The Bertz CT molecular complexity index is 640. The van der Waals surface area contributed by atoms with Crippen molar-refractivity contribution in [3.8, 4) is 0 Å². The topological polar surface area (TPSA) is 29.1 Å². The summed E-state index contributed by atoms with van der Waals surface area (Å²) >= 11 is 5.56. The number of nitrogens with one attached hydrogen (secondary N) is 1. The van der Waals surface area contributed by atoms with Crippen LogP contribution in [0.25, 0.3) is 0 Å². The minimum Gasteiger partial charge on any atom is -0.322 e. The molecule has 98 valence electrons. The highest BCUT2D eigenvalue weighted by Gasteiger charge is 2.11. The Morgan fingerprint density at radius 2 is 1.89 bits per heavy atom. The molecule has 0 unspecified atom stereocenters. The van der Waals surface area contributed by atoms with Gasteiger partial charge in [-0.25, -0.2) is 0 Å². The predicted octanol–water partition coefficient (Wildman–Crippen LogP) is 4.92. The lowest BCUT2D eigenvalue weighted by Gasteiger charge is -2.10. The van der Waals surface area contributed by atoms with E-state index in [1.54, 1.807) is 0 Å². The molecular weight excluding hydrogens is 417 g/mol. The van der Waals surface area contributed by atoms with Crippen LogP contribution in [0.2, 0.25) is 0 Å². The molecule has 0 heterocycles. The minimum atomic E-state index is -0.0855. The first-order chi connectivity index (χ1) is 8.97. The van der Waals surface area contributed by atoms with Gasteiger partial charge in [-0.3, -0.25) is 4.79 Å². The van der Waals surface area contributed by atoms with Crippen molar-refractivity contribution in [1.29, 1.82) is 0 Å². The highest BCUT2D eigenvalue weighted by Crippen LogP contribution is 2.21. The molecule has 0 saturated carbocycles. The number of hydrogen-bond acceptors (Lipinski definition) is 1. The molecule has 0 bridgehead atoms. The molecule has 0 spiro atoms. The van der Waals surface area contributed by atoms with Gasteiger partial charge in [-0.15, -0.1) is 0 Å². The first-order valence-electron chi connectivity index (χ1n) is 5.81. The van der Waals surface area contributed by atoms with Gasteiger partial charge in [0, 0.05) is 13.7 Å². The molecule has 0 aliphatic rings. The van der Waals surface area contributed by atoms with Crippen molar-refractivity contribution < 1.29 is 4.79 Å². The Hall–Kier alpha value is -0.880. The van der Waals surface area contributed by atoms with E-state index in [0.717, 1.165) is 19.3 Å². The summed E-state index contributed by atoms with van der Waals surface area (Å²) in [5.41, 5.74) is 3.78. The van der Waals surface area contributed by atoms with Crippen LogP contribution in [0.3, 0.4) is 0 Å². The van der Waals surface area contributed by atoms with E-state index in [0.29, 0.717) is 5.56 Å². The van der Waals surface area contributed by atoms with Crippen LogP contribution in [0.5, 0.6) is 0 Å². The van der Waals surface area contributed by atoms with E-state index >= 15 is 0 Å². The third-order valence-electron chi connectivity index (χ3n) is 2.80. The summed E-state index contributed by atoms with van der Waals surface area (Å²) < 4.78 is 1.83. The molecule has 2 rings (SSSR count). The van der Waals surface area contributed by atoms with E-state index in [2.05, 4.69) is 49.9 Å². The highest BCUT2D eigenvalue weighted by molar-refractivity contribution is 14.1. The van der Waals surface area contributed by atoms with E-state index in [1.807, 2.05) is 44.2 Å².